The number of carbonyl (C=O) groups is 1. The summed E-state index contributed by atoms with van der Waals surface area (Å²) in [6.45, 7) is 1.46. The Hall–Kier alpha value is -0.880. The van der Waals surface area contributed by atoms with E-state index in [2.05, 4.69) is 0 Å². The van der Waals surface area contributed by atoms with Crippen molar-refractivity contribution in [2.24, 2.45) is 0 Å². The zero-order valence-corrected chi connectivity index (χ0v) is 10.3. The Labute approximate surface area is 105 Å². The number of thioether (sulfide) groups is 1. The van der Waals surface area contributed by atoms with Gasteiger partial charge in [-0.1, -0.05) is 0 Å². The summed E-state index contributed by atoms with van der Waals surface area (Å²) >= 11 is 5.23. The van der Waals surface area contributed by atoms with Crippen molar-refractivity contribution < 1.29 is 18.0 Å². The van der Waals surface area contributed by atoms with E-state index >= 15 is 0 Å². The lowest BCUT2D eigenvalue weighted by Gasteiger charge is -2.10. The number of ketones is 1. The van der Waals surface area contributed by atoms with Gasteiger partial charge in [0.05, 0.1) is 5.38 Å². The summed E-state index contributed by atoms with van der Waals surface area (Å²) in [4.78, 5) is 11.3. The number of alkyl halides is 4. The van der Waals surface area contributed by atoms with Crippen LogP contribution in [0.15, 0.2) is 23.1 Å². The highest BCUT2D eigenvalue weighted by Gasteiger charge is 2.30. The molecule has 1 aromatic rings. The molecule has 0 aliphatic heterocycles. The fourth-order valence-electron chi connectivity index (χ4n) is 1.13. The van der Waals surface area contributed by atoms with Crippen molar-refractivity contribution in [2.45, 2.75) is 22.7 Å². The predicted molar refractivity (Wildman–Crippen MR) is 62.4 cm³/mol. The van der Waals surface area contributed by atoms with Gasteiger partial charge < -0.3 is 5.73 Å². The number of hydrogen-bond donors (Lipinski definition) is 1. The van der Waals surface area contributed by atoms with Gasteiger partial charge in [-0.3, -0.25) is 4.79 Å². The minimum Gasteiger partial charge on any atom is -0.398 e. The predicted octanol–water partition coefficient (Wildman–Crippen LogP) is 3.69. The molecule has 0 aromatic heterocycles. The molecular weight excluding hydrogens is 275 g/mol. The summed E-state index contributed by atoms with van der Waals surface area (Å²) in [6, 6.07) is 3.73. The van der Waals surface area contributed by atoms with Crippen LogP contribution in [0.3, 0.4) is 0 Å². The quantitative estimate of drug-likeness (QED) is 0.398. The van der Waals surface area contributed by atoms with Crippen LogP contribution >= 0.6 is 23.4 Å². The van der Waals surface area contributed by atoms with Gasteiger partial charge in [0.2, 0.25) is 0 Å². The molecule has 0 heterocycles. The van der Waals surface area contributed by atoms with E-state index in [4.69, 9.17) is 17.3 Å². The number of nitrogen functional groups attached to an aromatic ring is 1. The zero-order valence-electron chi connectivity index (χ0n) is 8.72. The van der Waals surface area contributed by atoms with Crippen molar-refractivity contribution in [3.05, 3.63) is 23.8 Å². The summed E-state index contributed by atoms with van der Waals surface area (Å²) in [7, 11) is 0. The lowest BCUT2D eigenvalue weighted by atomic mass is 10.1. The maximum absolute atomic E-state index is 12.2. The van der Waals surface area contributed by atoms with Crippen LogP contribution in [0, 0.1) is 0 Å². The smallest absolute Gasteiger partial charge is 0.398 e. The van der Waals surface area contributed by atoms with E-state index in [0.717, 1.165) is 6.07 Å². The minimum atomic E-state index is -4.44. The number of carbonyl (C=O) groups excluding carboxylic acids is 1. The number of anilines is 1. The Morgan fingerprint density at radius 1 is 1.47 bits per heavy atom. The third kappa shape index (κ3) is 4.12. The molecule has 2 nitrogen and oxygen atoms in total. The molecule has 0 radical (unpaired) electrons. The molecule has 0 saturated heterocycles. The van der Waals surface area contributed by atoms with Gasteiger partial charge >= 0.3 is 5.51 Å². The third-order valence-electron chi connectivity index (χ3n) is 1.89. The molecule has 0 aliphatic rings. The Kier molecular flexibility index (Phi) is 4.32. The lowest BCUT2D eigenvalue weighted by Crippen LogP contribution is -2.11. The molecule has 94 valence electrons. The van der Waals surface area contributed by atoms with Crippen LogP contribution in [0.2, 0.25) is 0 Å². The number of nitrogens with two attached hydrogens (primary N) is 1. The molecule has 0 saturated carbocycles. The second-order valence-corrected chi connectivity index (χ2v) is 5.04. The van der Waals surface area contributed by atoms with Crippen LogP contribution in [0.25, 0.3) is 0 Å². The fraction of sp³-hybridized carbons (Fsp3) is 0.300. The van der Waals surface area contributed by atoms with Gasteiger partial charge in [-0.05, 0) is 36.9 Å². The van der Waals surface area contributed by atoms with Crippen LogP contribution in [-0.4, -0.2) is 16.7 Å². The molecule has 2 N–H and O–H groups in total. The molecule has 0 bridgehead atoms. The van der Waals surface area contributed by atoms with Crippen LogP contribution in [0.1, 0.15) is 17.3 Å². The standard InChI is InChI=1S/C10H9ClF3NOS/c1-5(11)9(16)6-2-3-7(15)8(4-6)17-10(12,13)14/h2-5H,15H2,1H3. The van der Waals surface area contributed by atoms with E-state index in [1.165, 1.54) is 19.1 Å². The number of hydrogen-bond acceptors (Lipinski definition) is 3. The van der Waals surface area contributed by atoms with Crippen molar-refractivity contribution in [2.75, 3.05) is 5.73 Å². The molecule has 17 heavy (non-hydrogen) atoms. The molecule has 1 atom stereocenters. The van der Waals surface area contributed by atoms with Crippen molar-refractivity contribution in [3.8, 4) is 0 Å². The average molecular weight is 284 g/mol. The summed E-state index contributed by atoms with van der Waals surface area (Å²) in [5.41, 5.74) is 1.06. The Bertz CT molecular complexity index is 434. The molecular formula is C10H9ClF3NOS. The van der Waals surface area contributed by atoms with Gasteiger partial charge in [0.15, 0.2) is 5.78 Å². The van der Waals surface area contributed by atoms with E-state index < -0.39 is 16.7 Å². The Balaban J connectivity index is 3.07. The second-order valence-electron chi connectivity index (χ2n) is 3.28. The van der Waals surface area contributed by atoms with Gasteiger partial charge in [-0.2, -0.15) is 13.2 Å². The SMILES string of the molecule is CC(Cl)C(=O)c1ccc(N)c(SC(F)(F)F)c1. The number of benzene rings is 1. The molecule has 0 fully saturated rings. The highest BCUT2D eigenvalue weighted by Crippen LogP contribution is 2.40. The van der Waals surface area contributed by atoms with E-state index in [-0.39, 0.29) is 27.9 Å². The van der Waals surface area contributed by atoms with Crippen molar-refractivity contribution in [3.63, 3.8) is 0 Å². The minimum absolute atomic E-state index is 0.0221. The van der Waals surface area contributed by atoms with E-state index in [9.17, 15) is 18.0 Å². The van der Waals surface area contributed by atoms with Crippen LogP contribution < -0.4 is 5.73 Å². The van der Waals surface area contributed by atoms with Gasteiger partial charge in [0.25, 0.3) is 0 Å². The topological polar surface area (TPSA) is 43.1 Å². The van der Waals surface area contributed by atoms with E-state index in [1.54, 1.807) is 0 Å². The van der Waals surface area contributed by atoms with Gasteiger partial charge in [-0.25, -0.2) is 0 Å². The number of Topliss-reactive ketones (excluding diaryl/α,β-unsaturated/α-hetero) is 1. The zero-order chi connectivity index (χ0) is 13.2. The molecule has 1 unspecified atom stereocenters. The first-order chi connectivity index (χ1) is 7.70. The first kappa shape index (κ1) is 14.2. The highest BCUT2D eigenvalue weighted by molar-refractivity contribution is 8.00. The fourth-order valence-corrected chi connectivity index (χ4v) is 1.88. The van der Waals surface area contributed by atoms with Gasteiger partial charge in [0.1, 0.15) is 0 Å². The Morgan fingerprint density at radius 2 is 2.06 bits per heavy atom. The molecule has 1 aromatic carbocycles. The molecule has 0 aliphatic carbocycles. The molecule has 1 rings (SSSR count). The summed E-state index contributed by atoms with van der Waals surface area (Å²) in [5.74, 6) is -0.435. The van der Waals surface area contributed by atoms with Crippen molar-refractivity contribution in [1.82, 2.24) is 0 Å². The third-order valence-corrected chi connectivity index (χ3v) is 2.89. The summed E-state index contributed by atoms with van der Waals surface area (Å²) < 4.78 is 36.6. The highest BCUT2D eigenvalue weighted by atomic mass is 35.5. The van der Waals surface area contributed by atoms with Crippen LogP contribution in [0.4, 0.5) is 18.9 Å². The first-order valence-corrected chi connectivity index (χ1v) is 5.79. The van der Waals surface area contributed by atoms with Gasteiger partial charge in [0, 0.05) is 16.1 Å². The molecule has 0 amide bonds. The first-order valence-electron chi connectivity index (χ1n) is 4.54. The molecule has 0 spiro atoms. The summed E-state index contributed by atoms with van der Waals surface area (Å²) in [6.07, 6.45) is 0. The maximum Gasteiger partial charge on any atom is 0.446 e. The van der Waals surface area contributed by atoms with Crippen molar-refractivity contribution >= 4 is 34.8 Å². The lowest BCUT2D eigenvalue weighted by molar-refractivity contribution is -0.0328. The second kappa shape index (κ2) is 5.18. The number of halogens is 4. The summed E-state index contributed by atoms with van der Waals surface area (Å²) in [5, 5.41) is -0.789. The van der Waals surface area contributed by atoms with Gasteiger partial charge in [-0.15, -0.1) is 11.6 Å². The van der Waals surface area contributed by atoms with E-state index in [1.807, 2.05) is 0 Å². The normalized spacial score (nSPS) is 13.5. The van der Waals surface area contributed by atoms with E-state index in [0.29, 0.717) is 0 Å². The largest absolute Gasteiger partial charge is 0.446 e. The molecule has 7 heteroatoms. The maximum atomic E-state index is 12.2. The monoisotopic (exact) mass is 283 g/mol. The van der Waals surface area contributed by atoms with Crippen molar-refractivity contribution in [1.29, 1.82) is 0 Å². The Morgan fingerprint density at radius 3 is 2.53 bits per heavy atom. The number of rotatable bonds is 3. The van der Waals surface area contributed by atoms with Crippen LogP contribution in [0.5, 0.6) is 0 Å². The van der Waals surface area contributed by atoms with Crippen LogP contribution in [-0.2, 0) is 0 Å². The average Bonchev–Trinajstić information content (AvgIpc) is 2.18.